The average molecular weight is 407 g/mol. The second-order valence-corrected chi connectivity index (χ2v) is 9.81. The molecule has 3 N–H and O–H groups in total. The Morgan fingerprint density at radius 2 is 1.92 bits per heavy atom. The number of carbonyl (C=O) groups is 2. The molecule has 5 rings (SSSR count). The molecule has 6 heteroatoms. The molecule has 0 aliphatic heterocycles. The molecule has 4 aliphatic carbocycles. The van der Waals surface area contributed by atoms with Gasteiger partial charge < -0.3 is 15.8 Å². The van der Waals surface area contributed by atoms with Crippen molar-refractivity contribution >= 4 is 33.4 Å². The minimum Gasteiger partial charge on any atom is -0.495 e. The summed E-state index contributed by atoms with van der Waals surface area (Å²) in [7, 11) is 1.55. The monoisotopic (exact) mass is 406 g/mol. The fraction of sp³-hybridized carbons (Fsp3) is 0.579. The van der Waals surface area contributed by atoms with E-state index in [1.807, 2.05) is 0 Å². The van der Waals surface area contributed by atoms with Gasteiger partial charge in [0.05, 0.1) is 18.2 Å². The zero-order chi connectivity index (χ0) is 17.8. The number of hydrogen-bond donors (Lipinski definition) is 2. The van der Waals surface area contributed by atoms with Gasteiger partial charge in [0.15, 0.2) is 0 Å². The number of nitrogens with two attached hydrogens (primary N) is 1. The van der Waals surface area contributed by atoms with Crippen molar-refractivity contribution in [1.82, 2.24) is 0 Å². The predicted octanol–water partition coefficient (Wildman–Crippen LogP) is 3.47. The van der Waals surface area contributed by atoms with E-state index in [2.05, 4.69) is 21.2 Å². The SMILES string of the molecule is COc1ccc(C(N)=O)cc1NC(=O)C12CC3CC(CC(Br)(C3)C1)C2. The number of primary amides is 1. The maximum absolute atomic E-state index is 13.3. The van der Waals surface area contributed by atoms with Crippen molar-refractivity contribution in [2.45, 2.75) is 42.8 Å². The molecule has 0 heterocycles. The molecule has 0 radical (unpaired) electrons. The molecular weight excluding hydrogens is 384 g/mol. The molecule has 5 nitrogen and oxygen atoms in total. The van der Waals surface area contributed by atoms with Gasteiger partial charge in [-0.25, -0.2) is 0 Å². The summed E-state index contributed by atoms with van der Waals surface area (Å²) in [5.41, 5.74) is 5.93. The summed E-state index contributed by atoms with van der Waals surface area (Å²) in [5.74, 6) is 1.32. The highest BCUT2D eigenvalue weighted by molar-refractivity contribution is 9.10. The van der Waals surface area contributed by atoms with Crippen molar-refractivity contribution in [3.8, 4) is 5.75 Å². The Hall–Kier alpha value is -1.56. The van der Waals surface area contributed by atoms with E-state index in [9.17, 15) is 9.59 Å². The number of ether oxygens (including phenoxy) is 1. The van der Waals surface area contributed by atoms with E-state index in [-0.39, 0.29) is 15.6 Å². The van der Waals surface area contributed by atoms with Gasteiger partial charge in [0, 0.05) is 9.89 Å². The summed E-state index contributed by atoms with van der Waals surface area (Å²) < 4.78 is 5.46. The van der Waals surface area contributed by atoms with Gasteiger partial charge >= 0.3 is 0 Å². The van der Waals surface area contributed by atoms with Gasteiger partial charge in [-0.05, 0) is 68.6 Å². The topological polar surface area (TPSA) is 81.4 Å². The van der Waals surface area contributed by atoms with Gasteiger partial charge in [0.2, 0.25) is 11.8 Å². The van der Waals surface area contributed by atoms with Crippen molar-refractivity contribution in [1.29, 1.82) is 0 Å². The predicted molar refractivity (Wildman–Crippen MR) is 98.9 cm³/mol. The van der Waals surface area contributed by atoms with E-state index in [4.69, 9.17) is 10.5 Å². The molecule has 2 amide bonds. The van der Waals surface area contributed by atoms with Crippen molar-refractivity contribution in [3.05, 3.63) is 23.8 Å². The van der Waals surface area contributed by atoms with Gasteiger partial charge in [0.25, 0.3) is 0 Å². The van der Waals surface area contributed by atoms with Crippen LogP contribution in [-0.4, -0.2) is 23.2 Å². The molecule has 2 atom stereocenters. The lowest BCUT2D eigenvalue weighted by molar-refractivity contribution is -0.138. The zero-order valence-electron chi connectivity index (χ0n) is 14.3. The zero-order valence-corrected chi connectivity index (χ0v) is 15.9. The molecule has 4 aliphatic rings. The number of benzene rings is 1. The maximum Gasteiger partial charge on any atom is 0.248 e. The van der Waals surface area contributed by atoms with Crippen molar-refractivity contribution < 1.29 is 14.3 Å². The van der Waals surface area contributed by atoms with Crippen LogP contribution in [-0.2, 0) is 4.79 Å². The minimum absolute atomic E-state index is 0.0466. The quantitative estimate of drug-likeness (QED) is 0.750. The molecule has 4 fully saturated rings. The molecule has 0 aromatic heterocycles. The van der Waals surface area contributed by atoms with Crippen LogP contribution in [0.25, 0.3) is 0 Å². The van der Waals surface area contributed by atoms with Crippen molar-refractivity contribution in [3.63, 3.8) is 0 Å². The first-order chi connectivity index (χ1) is 11.8. The van der Waals surface area contributed by atoms with Crippen LogP contribution in [0.15, 0.2) is 18.2 Å². The number of amides is 2. The molecule has 0 saturated heterocycles. The van der Waals surface area contributed by atoms with Crippen molar-refractivity contribution in [2.24, 2.45) is 23.0 Å². The number of halogens is 1. The summed E-state index contributed by atoms with van der Waals surface area (Å²) in [6.07, 6.45) is 6.42. The number of rotatable bonds is 4. The first kappa shape index (κ1) is 16.9. The van der Waals surface area contributed by atoms with Crippen LogP contribution < -0.4 is 15.8 Å². The van der Waals surface area contributed by atoms with Crippen LogP contribution >= 0.6 is 15.9 Å². The van der Waals surface area contributed by atoms with E-state index < -0.39 is 5.91 Å². The van der Waals surface area contributed by atoms with E-state index >= 15 is 0 Å². The second-order valence-electron chi connectivity index (χ2n) is 8.13. The van der Waals surface area contributed by atoms with Crippen LogP contribution in [0.5, 0.6) is 5.75 Å². The van der Waals surface area contributed by atoms with Crippen LogP contribution in [0, 0.1) is 17.3 Å². The van der Waals surface area contributed by atoms with Gasteiger partial charge in [-0.2, -0.15) is 0 Å². The standard InChI is InChI=1S/C19H23BrN2O3/c1-25-15-3-2-13(16(21)23)5-14(15)22-17(24)18-6-11-4-12(7-18)9-19(20,8-11)10-18/h2-3,5,11-12H,4,6-10H2,1H3,(H2,21,23)(H,22,24). The largest absolute Gasteiger partial charge is 0.495 e. The lowest BCUT2D eigenvalue weighted by Gasteiger charge is -2.59. The van der Waals surface area contributed by atoms with Gasteiger partial charge in [-0.1, -0.05) is 15.9 Å². The Morgan fingerprint density at radius 3 is 2.48 bits per heavy atom. The molecule has 134 valence electrons. The Kier molecular flexibility index (Phi) is 3.87. The van der Waals surface area contributed by atoms with Gasteiger partial charge in [0.1, 0.15) is 5.75 Å². The Balaban J connectivity index is 1.62. The summed E-state index contributed by atoms with van der Waals surface area (Å²) in [5, 5.41) is 3.04. The first-order valence-electron chi connectivity index (χ1n) is 8.81. The lowest BCUT2D eigenvalue weighted by Crippen LogP contribution is -2.57. The summed E-state index contributed by atoms with van der Waals surface area (Å²) in [6.45, 7) is 0. The number of anilines is 1. The third-order valence-corrected chi connectivity index (χ3v) is 7.13. The van der Waals surface area contributed by atoms with Crippen LogP contribution in [0.3, 0.4) is 0 Å². The number of alkyl halides is 1. The highest BCUT2D eigenvalue weighted by atomic mass is 79.9. The van der Waals surface area contributed by atoms with E-state index in [1.165, 1.54) is 19.3 Å². The van der Waals surface area contributed by atoms with Crippen LogP contribution in [0.4, 0.5) is 5.69 Å². The fourth-order valence-electron chi connectivity index (χ4n) is 5.63. The molecule has 0 spiro atoms. The number of methoxy groups -OCH3 is 1. The summed E-state index contributed by atoms with van der Waals surface area (Å²) in [6, 6.07) is 4.87. The molecular formula is C19H23BrN2O3. The highest BCUT2D eigenvalue weighted by Gasteiger charge is 2.59. The fourth-order valence-corrected chi connectivity index (χ4v) is 7.08. The Bertz CT molecular complexity index is 734. The molecule has 2 unspecified atom stereocenters. The number of hydrogen-bond acceptors (Lipinski definition) is 3. The smallest absolute Gasteiger partial charge is 0.248 e. The normalized spacial score (nSPS) is 35.4. The van der Waals surface area contributed by atoms with Gasteiger partial charge in [-0.15, -0.1) is 0 Å². The van der Waals surface area contributed by atoms with E-state index in [0.717, 1.165) is 19.3 Å². The molecule has 25 heavy (non-hydrogen) atoms. The number of nitrogens with one attached hydrogen (secondary N) is 1. The average Bonchev–Trinajstić information content (AvgIpc) is 2.52. The second kappa shape index (κ2) is 5.73. The molecule has 1 aromatic carbocycles. The minimum atomic E-state index is -0.521. The summed E-state index contributed by atoms with van der Waals surface area (Å²) in [4.78, 5) is 24.7. The first-order valence-corrected chi connectivity index (χ1v) is 9.60. The highest BCUT2D eigenvalue weighted by Crippen LogP contribution is 2.64. The van der Waals surface area contributed by atoms with E-state index in [0.29, 0.717) is 28.8 Å². The number of carbonyl (C=O) groups excluding carboxylic acids is 2. The Labute approximate surface area is 155 Å². The van der Waals surface area contributed by atoms with Crippen LogP contribution in [0.1, 0.15) is 48.9 Å². The van der Waals surface area contributed by atoms with E-state index in [1.54, 1.807) is 25.3 Å². The molecule has 1 aromatic rings. The van der Waals surface area contributed by atoms with Crippen LogP contribution in [0.2, 0.25) is 0 Å². The summed E-state index contributed by atoms with van der Waals surface area (Å²) >= 11 is 3.94. The lowest BCUT2D eigenvalue weighted by atomic mass is 9.49. The molecule has 4 bridgehead atoms. The maximum atomic E-state index is 13.3. The van der Waals surface area contributed by atoms with Crippen molar-refractivity contribution in [2.75, 3.05) is 12.4 Å². The molecule has 4 saturated carbocycles. The third kappa shape index (κ3) is 2.84. The van der Waals surface area contributed by atoms with Gasteiger partial charge in [-0.3, -0.25) is 9.59 Å². The Morgan fingerprint density at radius 1 is 1.24 bits per heavy atom. The third-order valence-electron chi connectivity index (χ3n) is 6.20.